The highest BCUT2D eigenvalue weighted by atomic mass is 79.9. The molecule has 0 N–H and O–H groups in total. The van der Waals surface area contributed by atoms with Crippen LogP contribution in [0.3, 0.4) is 0 Å². The van der Waals surface area contributed by atoms with Crippen LogP contribution in [0.1, 0.15) is 11.8 Å². The average Bonchev–Trinajstić information content (AvgIpc) is 2.87. The molecule has 3 aromatic rings. The summed E-state index contributed by atoms with van der Waals surface area (Å²) in [6.45, 7) is 2.21. The summed E-state index contributed by atoms with van der Waals surface area (Å²) in [7, 11) is 0. The minimum Gasteiger partial charge on any atom is -0.424 e. The van der Waals surface area contributed by atoms with Gasteiger partial charge in [-0.1, -0.05) is 0 Å². The van der Waals surface area contributed by atoms with E-state index in [1.165, 1.54) is 0 Å². The van der Waals surface area contributed by atoms with E-state index >= 15 is 0 Å². The summed E-state index contributed by atoms with van der Waals surface area (Å²) in [5, 5.41) is 12.0. The topological polar surface area (TPSA) is 69.6 Å². The largest absolute Gasteiger partial charge is 0.424 e. The van der Waals surface area contributed by atoms with E-state index in [1.54, 1.807) is 24.0 Å². The van der Waals surface area contributed by atoms with Crippen molar-refractivity contribution in [3.63, 3.8) is 0 Å². The number of nitrogens with zero attached hydrogens (tertiary/aromatic N) is 5. The third kappa shape index (κ3) is 1.93. The number of rotatable bonds is 2. The summed E-state index contributed by atoms with van der Waals surface area (Å²) in [5.74, 6) is 1.09. The first-order valence-corrected chi connectivity index (χ1v) is 5.78. The number of hydrogen-bond donors (Lipinski definition) is 0. The molecule has 0 unspecified atom stereocenters. The van der Waals surface area contributed by atoms with Crippen LogP contribution in [0.4, 0.5) is 0 Å². The Morgan fingerprint density at radius 1 is 1.35 bits per heavy atom. The van der Waals surface area contributed by atoms with Crippen LogP contribution < -0.4 is 0 Å². The molecule has 0 saturated heterocycles. The van der Waals surface area contributed by atoms with Gasteiger partial charge < -0.3 is 4.42 Å². The van der Waals surface area contributed by atoms with Crippen LogP contribution in [0.2, 0.25) is 0 Å². The van der Waals surface area contributed by atoms with E-state index in [4.69, 9.17) is 4.42 Å². The summed E-state index contributed by atoms with van der Waals surface area (Å²) >= 11 is 3.39. The second kappa shape index (κ2) is 3.92. The molecule has 6 nitrogen and oxygen atoms in total. The Balaban J connectivity index is 2.03. The highest BCUT2D eigenvalue weighted by Crippen LogP contribution is 2.17. The van der Waals surface area contributed by atoms with Crippen LogP contribution in [0.5, 0.6) is 0 Å². The van der Waals surface area contributed by atoms with E-state index in [0.717, 1.165) is 15.5 Å². The van der Waals surface area contributed by atoms with E-state index in [1.807, 2.05) is 6.07 Å². The van der Waals surface area contributed by atoms with Gasteiger partial charge in [0.05, 0.1) is 11.7 Å². The molecule has 0 saturated carbocycles. The average molecular weight is 294 g/mol. The van der Waals surface area contributed by atoms with E-state index < -0.39 is 0 Å². The van der Waals surface area contributed by atoms with Gasteiger partial charge in [0.15, 0.2) is 0 Å². The predicted molar refractivity (Wildman–Crippen MR) is 63.4 cm³/mol. The fraction of sp³-hybridized carbons (Fsp3) is 0.200. The first-order valence-electron chi connectivity index (χ1n) is 4.98. The van der Waals surface area contributed by atoms with Gasteiger partial charge in [-0.3, -0.25) is 9.67 Å². The zero-order valence-corrected chi connectivity index (χ0v) is 10.5. The van der Waals surface area contributed by atoms with Crippen molar-refractivity contribution < 1.29 is 4.42 Å². The molecule has 0 fully saturated rings. The van der Waals surface area contributed by atoms with Crippen LogP contribution in [-0.4, -0.2) is 25.0 Å². The third-order valence-corrected chi connectivity index (χ3v) is 2.75. The van der Waals surface area contributed by atoms with Gasteiger partial charge in [0.2, 0.25) is 11.8 Å². The number of fused-ring (bicyclic) bond motifs is 1. The molecule has 0 aliphatic heterocycles. The van der Waals surface area contributed by atoms with Gasteiger partial charge >= 0.3 is 0 Å². The molecular weight excluding hydrogens is 286 g/mol. The Morgan fingerprint density at radius 3 is 3.00 bits per heavy atom. The van der Waals surface area contributed by atoms with Crippen LogP contribution in [0.25, 0.3) is 11.0 Å². The number of halogens is 1. The molecule has 0 spiro atoms. The molecule has 3 rings (SSSR count). The summed E-state index contributed by atoms with van der Waals surface area (Å²) in [4.78, 5) is 4.25. The smallest absolute Gasteiger partial charge is 0.237 e. The molecular formula is C10H8BrN5O. The Hall–Kier alpha value is -1.76. The number of hydrogen-bond acceptors (Lipinski definition) is 5. The van der Waals surface area contributed by atoms with Gasteiger partial charge in [-0.15, -0.1) is 10.2 Å². The predicted octanol–water partition coefficient (Wildman–Crippen LogP) is 1.93. The van der Waals surface area contributed by atoms with Crippen molar-refractivity contribution in [3.05, 3.63) is 34.7 Å². The molecule has 0 radical (unpaired) electrons. The number of aryl methyl sites for hydroxylation is 1. The van der Waals surface area contributed by atoms with Gasteiger partial charge in [0, 0.05) is 17.6 Å². The van der Waals surface area contributed by atoms with E-state index in [0.29, 0.717) is 18.3 Å². The van der Waals surface area contributed by atoms with Crippen molar-refractivity contribution >= 4 is 27.0 Å². The van der Waals surface area contributed by atoms with Crippen LogP contribution in [0, 0.1) is 6.92 Å². The van der Waals surface area contributed by atoms with Gasteiger partial charge in [0.1, 0.15) is 12.1 Å². The lowest BCUT2D eigenvalue weighted by atomic mass is 10.4. The Bertz CT molecular complexity index is 674. The number of aromatic nitrogens is 5. The zero-order valence-electron chi connectivity index (χ0n) is 8.96. The Kier molecular flexibility index (Phi) is 2.40. The molecule has 0 aliphatic carbocycles. The third-order valence-electron chi connectivity index (χ3n) is 2.31. The summed E-state index contributed by atoms with van der Waals surface area (Å²) in [6.07, 6.45) is 3.45. The highest BCUT2D eigenvalue weighted by Gasteiger charge is 2.08. The van der Waals surface area contributed by atoms with E-state index in [-0.39, 0.29) is 0 Å². The van der Waals surface area contributed by atoms with Crippen molar-refractivity contribution in [2.24, 2.45) is 0 Å². The standard InChI is InChI=1S/C10H8BrN5O/c1-6-14-15-10(17-6)5-16-9-2-7(11)3-12-8(9)4-13-16/h2-4H,5H2,1H3. The van der Waals surface area contributed by atoms with Crippen molar-refractivity contribution in [2.45, 2.75) is 13.5 Å². The lowest BCUT2D eigenvalue weighted by Crippen LogP contribution is -2.01. The van der Waals surface area contributed by atoms with Crippen LogP contribution >= 0.6 is 15.9 Å². The maximum atomic E-state index is 5.32. The summed E-state index contributed by atoms with van der Waals surface area (Å²) in [6, 6.07) is 1.96. The SMILES string of the molecule is Cc1nnc(Cn2ncc3ncc(Br)cc32)o1. The van der Waals surface area contributed by atoms with E-state index in [2.05, 4.69) is 36.2 Å². The maximum absolute atomic E-state index is 5.32. The first kappa shape index (κ1) is 10.4. The van der Waals surface area contributed by atoms with Gasteiger partial charge in [0.25, 0.3) is 0 Å². The fourth-order valence-electron chi connectivity index (χ4n) is 1.59. The quantitative estimate of drug-likeness (QED) is 0.722. The minimum absolute atomic E-state index is 0.447. The maximum Gasteiger partial charge on any atom is 0.237 e. The summed E-state index contributed by atoms with van der Waals surface area (Å²) in [5.41, 5.74) is 1.76. The lowest BCUT2D eigenvalue weighted by Gasteiger charge is -1.99. The van der Waals surface area contributed by atoms with Crippen molar-refractivity contribution in [1.82, 2.24) is 25.0 Å². The van der Waals surface area contributed by atoms with Gasteiger partial charge in [-0.05, 0) is 22.0 Å². The zero-order chi connectivity index (χ0) is 11.8. The van der Waals surface area contributed by atoms with Gasteiger partial charge in [-0.25, -0.2) is 0 Å². The second-order valence-electron chi connectivity index (χ2n) is 3.57. The lowest BCUT2D eigenvalue weighted by molar-refractivity contribution is 0.447. The monoisotopic (exact) mass is 293 g/mol. The molecule has 0 bridgehead atoms. The Labute approximate surface area is 105 Å². The molecule has 0 aliphatic rings. The molecule has 0 amide bonds. The van der Waals surface area contributed by atoms with Gasteiger partial charge in [-0.2, -0.15) is 5.10 Å². The van der Waals surface area contributed by atoms with Crippen molar-refractivity contribution in [2.75, 3.05) is 0 Å². The second-order valence-corrected chi connectivity index (χ2v) is 4.49. The summed E-state index contributed by atoms with van der Waals surface area (Å²) < 4.78 is 8.01. The van der Waals surface area contributed by atoms with Crippen LogP contribution in [0.15, 0.2) is 27.3 Å². The molecule has 3 aromatic heterocycles. The van der Waals surface area contributed by atoms with Crippen molar-refractivity contribution in [3.8, 4) is 0 Å². The first-order chi connectivity index (χ1) is 8.22. The molecule has 17 heavy (non-hydrogen) atoms. The molecule has 3 heterocycles. The normalized spacial score (nSPS) is 11.2. The molecule has 86 valence electrons. The fourth-order valence-corrected chi connectivity index (χ4v) is 1.91. The highest BCUT2D eigenvalue weighted by molar-refractivity contribution is 9.10. The number of pyridine rings is 1. The molecule has 0 atom stereocenters. The molecule has 0 aromatic carbocycles. The minimum atomic E-state index is 0.447. The Morgan fingerprint density at radius 2 is 2.24 bits per heavy atom. The van der Waals surface area contributed by atoms with E-state index in [9.17, 15) is 0 Å². The molecule has 7 heteroatoms. The van der Waals surface area contributed by atoms with Crippen LogP contribution in [-0.2, 0) is 6.54 Å². The van der Waals surface area contributed by atoms with Crippen molar-refractivity contribution in [1.29, 1.82) is 0 Å².